The molecule has 108 valence electrons. The van der Waals surface area contributed by atoms with Gasteiger partial charge in [0.1, 0.15) is 0 Å². The molecule has 0 spiro atoms. The van der Waals surface area contributed by atoms with Crippen LogP contribution in [0, 0.1) is 0 Å². The number of carboxylic acid groups (broad SMARTS) is 1. The molecule has 0 saturated heterocycles. The van der Waals surface area contributed by atoms with Gasteiger partial charge in [0.2, 0.25) is 6.41 Å². The lowest BCUT2D eigenvalue weighted by atomic mass is 10.0. The summed E-state index contributed by atoms with van der Waals surface area (Å²) in [6, 6.07) is 15.7. The zero-order valence-electron chi connectivity index (χ0n) is 11.5. The largest absolute Gasteiger partial charge is 0.478 e. The normalized spacial score (nSPS) is 10.4. The Labute approximate surface area is 126 Å². The van der Waals surface area contributed by atoms with Crippen LogP contribution in [0.5, 0.6) is 0 Å². The van der Waals surface area contributed by atoms with Gasteiger partial charge in [0.15, 0.2) is 0 Å². The summed E-state index contributed by atoms with van der Waals surface area (Å²) in [7, 11) is 0. The maximum Gasteiger partial charge on any atom is 0.336 e. The maximum atomic E-state index is 11.5. The first-order valence-corrected chi connectivity index (χ1v) is 6.63. The third kappa shape index (κ3) is 2.52. The number of carboxylic acids is 1. The van der Waals surface area contributed by atoms with Crippen LogP contribution in [-0.2, 0) is 4.79 Å². The van der Waals surface area contributed by atoms with E-state index in [1.165, 1.54) is 0 Å². The number of amides is 1. The fraction of sp³-hybridized carbons (Fsp3) is 0. The van der Waals surface area contributed by atoms with Crippen molar-refractivity contribution in [3.63, 3.8) is 0 Å². The van der Waals surface area contributed by atoms with Gasteiger partial charge in [-0.05, 0) is 24.3 Å². The van der Waals surface area contributed by atoms with Crippen molar-refractivity contribution < 1.29 is 14.7 Å². The number of fused-ring (bicyclic) bond motifs is 1. The molecule has 0 radical (unpaired) electrons. The van der Waals surface area contributed by atoms with Crippen molar-refractivity contribution in [2.75, 3.05) is 5.32 Å². The number of carbonyl (C=O) groups excluding carboxylic acids is 1. The van der Waals surface area contributed by atoms with Gasteiger partial charge in [-0.2, -0.15) is 0 Å². The Morgan fingerprint density at radius 3 is 2.50 bits per heavy atom. The summed E-state index contributed by atoms with van der Waals surface area (Å²) in [6.07, 6.45) is 0.603. The molecule has 3 rings (SSSR count). The zero-order chi connectivity index (χ0) is 15.5. The van der Waals surface area contributed by atoms with Crippen LogP contribution in [0.1, 0.15) is 10.4 Å². The lowest BCUT2D eigenvalue weighted by Gasteiger charge is -2.07. The highest BCUT2D eigenvalue weighted by Gasteiger charge is 2.12. The number of pyridine rings is 1. The number of rotatable bonds is 4. The van der Waals surface area contributed by atoms with Gasteiger partial charge < -0.3 is 10.4 Å². The van der Waals surface area contributed by atoms with Crippen LogP contribution < -0.4 is 5.32 Å². The second-order valence-electron chi connectivity index (χ2n) is 4.72. The minimum absolute atomic E-state index is 0.218. The van der Waals surface area contributed by atoms with E-state index >= 15 is 0 Å². The molecule has 2 N–H and O–H groups in total. The second-order valence-corrected chi connectivity index (χ2v) is 4.72. The highest BCUT2D eigenvalue weighted by molar-refractivity contribution is 6.03. The molecule has 0 fully saturated rings. The number of aromatic carboxylic acids is 1. The van der Waals surface area contributed by atoms with E-state index in [1.54, 1.807) is 48.5 Å². The molecule has 5 heteroatoms. The first-order chi connectivity index (χ1) is 10.7. The van der Waals surface area contributed by atoms with E-state index in [0.717, 1.165) is 5.56 Å². The maximum absolute atomic E-state index is 11.5. The zero-order valence-corrected chi connectivity index (χ0v) is 11.5. The molecule has 0 bridgehead atoms. The first-order valence-electron chi connectivity index (χ1n) is 6.63. The summed E-state index contributed by atoms with van der Waals surface area (Å²) in [5, 5.41) is 12.6. The molecule has 3 aromatic rings. The summed E-state index contributed by atoms with van der Waals surface area (Å²) < 4.78 is 0. The Hall–Kier alpha value is -3.21. The third-order valence-corrected chi connectivity index (χ3v) is 3.35. The fourth-order valence-electron chi connectivity index (χ4n) is 2.31. The van der Waals surface area contributed by atoms with Crippen LogP contribution in [0.15, 0.2) is 54.6 Å². The predicted molar refractivity (Wildman–Crippen MR) is 83.8 cm³/mol. The minimum atomic E-state index is -0.987. The number of anilines is 1. The highest BCUT2D eigenvalue weighted by atomic mass is 16.4. The van der Waals surface area contributed by atoms with Crippen LogP contribution in [0.25, 0.3) is 22.2 Å². The molecule has 0 saturated carbocycles. The molecule has 0 atom stereocenters. The van der Waals surface area contributed by atoms with Crippen LogP contribution >= 0.6 is 0 Å². The number of nitrogens with zero attached hydrogens (tertiary/aromatic N) is 1. The lowest BCUT2D eigenvalue weighted by molar-refractivity contribution is -0.105. The predicted octanol–water partition coefficient (Wildman–Crippen LogP) is 3.17. The van der Waals surface area contributed by atoms with Gasteiger partial charge in [0.25, 0.3) is 0 Å². The molecule has 5 nitrogen and oxygen atoms in total. The molecule has 1 heterocycles. The van der Waals surface area contributed by atoms with Crippen molar-refractivity contribution in [3.8, 4) is 11.3 Å². The van der Waals surface area contributed by atoms with Crippen LogP contribution in [0.3, 0.4) is 0 Å². The van der Waals surface area contributed by atoms with Gasteiger partial charge in [-0.1, -0.05) is 30.3 Å². The van der Waals surface area contributed by atoms with E-state index in [2.05, 4.69) is 10.3 Å². The summed E-state index contributed by atoms with van der Waals surface area (Å²) >= 11 is 0. The van der Waals surface area contributed by atoms with E-state index in [4.69, 9.17) is 0 Å². The fourth-order valence-corrected chi connectivity index (χ4v) is 2.31. The standard InChI is InChI=1S/C17H12N2O3/c20-10-18-12-7-5-11(6-8-12)16-9-14(17(21)22)13-3-1-2-4-15(13)19-16/h1-10H,(H,18,20)(H,21,22). The first kappa shape index (κ1) is 13.8. The van der Waals surface area contributed by atoms with E-state index in [9.17, 15) is 14.7 Å². The lowest BCUT2D eigenvalue weighted by Crippen LogP contribution is -2.00. The van der Waals surface area contributed by atoms with E-state index in [1.807, 2.05) is 6.07 Å². The Morgan fingerprint density at radius 1 is 1.09 bits per heavy atom. The van der Waals surface area contributed by atoms with Gasteiger partial charge >= 0.3 is 5.97 Å². The molecule has 0 aliphatic rings. The van der Waals surface area contributed by atoms with Gasteiger partial charge in [0, 0.05) is 16.6 Å². The van der Waals surface area contributed by atoms with Crippen molar-refractivity contribution >= 4 is 29.0 Å². The summed E-state index contributed by atoms with van der Waals surface area (Å²) in [5.41, 5.74) is 2.87. The van der Waals surface area contributed by atoms with Crippen LogP contribution in [-0.4, -0.2) is 22.5 Å². The van der Waals surface area contributed by atoms with Crippen molar-refractivity contribution in [1.82, 2.24) is 4.98 Å². The molecule has 0 aliphatic heterocycles. The Kier molecular flexibility index (Phi) is 3.53. The monoisotopic (exact) mass is 292 g/mol. The number of benzene rings is 2. The summed E-state index contributed by atoms with van der Waals surface area (Å²) in [5.74, 6) is -0.987. The van der Waals surface area contributed by atoms with E-state index < -0.39 is 5.97 Å². The molecule has 0 aliphatic carbocycles. The smallest absolute Gasteiger partial charge is 0.336 e. The summed E-state index contributed by atoms with van der Waals surface area (Å²) in [4.78, 5) is 26.4. The van der Waals surface area contributed by atoms with Crippen molar-refractivity contribution in [2.24, 2.45) is 0 Å². The molecule has 2 aromatic carbocycles. The van der Waals surface area contributed by atoms with Gasteiger partial charge in [-0.25, -0.2) is 9.78 Å². The molecular weight excluding hydrogens is 280 g/mol. The SMILES string of the molecule is O=CNc1ccc(-c2cc(C(=O)O)c3ccccc3n2)cc1. The Balaban J connectivity index is 2.14. The number of hydrogen-bond donors (Lipinski definition) is 2. The molecule has 22 heavy (non-hydrogen) atoms. The van der Waals surface area contributed by atoms with Gasteiger partial charge in [-0.15, -0.1) is 0 Å². The number of nitrogens with one attached hydrogen (secondary N) is 1. The number of para-hydroxylation sites is 1. The van der Waals surface area contributed by atoms with E-state index in [-0.39, 0.29) is 5.56 Å². The summed E-state index contributed by atoms with van der Waals surface area (Å²) in [6.45, 7) is 0. The molecule has 1 aromatic heterocycles. The second kappa shape index (κ2) is 5.65. The average molecular weight is 292 g/mol. The molecule has 1 amide bonds. The number of hydrogen-bond acceptors (Lipinski definition) is 3. The van der Waals surface area contributed by atoms with Crippen LogP contribution in [0.2, 0.25) is 0 Å². The van der Waals surface area contributed by atoms with Crippen LogP contribution in [0.4, 0.5) is 5.69 Å². The van der Waals surface area contributed by atoms with Crippen molar-refractivity contribution in [1.29, 1.82) is 0 Å². The topological polar surface area (TPSA) is 79.3 Å². The Morgan fingerprint density at radius 2 is 1.82 bits per heavy atom. The average Bonchev–Trinajstić information content (AvgIpc) is 2.54. The highest BCUT2D eigenvalue weighted by Crippen LogP contribution is 2.25. The molecule has 0 unspecified atom stereocenters. The third-order valence-electron chi connectivity index (χ3n) is 3.35. The van der Waals surface area contributed by atoms with Gasteiger partial charge in [0.05, 0.1) is 16.8 Å². The quantitative estimate of drug-likeness (QED) is 0.724. The van der Waals surface area contributed by atoms with Crippen molar-refractivity contribution in [3.05, 3.63) is 60.2 Å². The number of carbonyl (C=O) groups is 2. The van der Waals surface area contributed by atoms with Gasteiger partial charge in [-0.3, -0.25) is 4.79 Å². The van der Waals surface area contributed by atoms with Crippen molar-refractivity contribution in [2.45, 2.75) is 0 Å². The Bertz CT molecular complexity index is 857. The van der Waals surface area contributed by atoms with E-state index in [0.29, 0.717) is 28.7 Å². The minimum Gasteiger partial charge on any atom is -0.478 e. The molecular formula is C17H12N2O3. The number of aromatic nitrogens is 1.